The number of hydrogen-bond acceptors (Lipinski definition) is 3. The van der Waals surface area contributed by atoms with Gasteiger partial charge in [0.1, 0.15) is 0 Å². The molecule has 1 aliphatic heterocycles. The van der Waals surface area contributed by atoms with E-state index in [-0.39, 0.29) is 11.8 Å². The van der Waals surface area contributed by atoms with Crippen molar-refractivity contribution >= 4 is 23.4 Å². The number of nitrogens with zero attached hydrogens (tertiary/aromatic N) is 1. The Morgan fingerprint density at radius 2 is 1.96 bits per heavy atom. The van der Waals surface area contributed by atoms with E-state index in [2.05, 4.69) is 22.6 Å². The molecule has 1 heterocycles. The molecule has 2 rings (SSSR count). The largest absolute Gasteiger partial charge is 0.354 e. The molecule has 1 atom stereocenters. The lowest BCUT2D eigenvalue weighted by Crippen LogP contribution is -2.38. The zero-order valence-electron chi connectivity index (χ0n) is 14.2. The first-order valence-electron chi connectivity index (χ1n) is 8.57. The Morgan fingerprint density at radius 1 is 1.21 bits per heavy atom. The van der Waals surface area contributed by atoms with Gasteiger partial charge in [0.05, 0.1) is 10.6 Å². The fourth-order valence-corrected chi connectivity index (χ4v) is 3.24. The number of halogens is 1. The van der Waals surface area contributed by atoms with Gasteiger partial charge in [-0.2, -0.15) is 0 Å². The highest BCUT2D eigenvalue weighted by atomic mass is 35.5. The van der Waals surface area contributed by atoms with Gasteiger partial charge < -0.3 is 15.5 Å². The number of hydrogen-bond donors (Lipinski definition) is 2. The summed E-state index contributed by atoms with van der Waals surface area (Å²) in [5, 5.41) is 6.04. The van der Waals surface area contributed by atoms with Gasteiger partial charge in [0.25, 0.3) is 5.91 Å². The van der Waals surface area contributed by atoms with E-state index < -0.39 is 0 Å². The highest BCUT2D eigenvalue weighted by Gasteiger charge is 2.19. The van der Waals surface area contributed by atoms with Crippen LogP contribution in [-0.2, 0) is 4.79 Å². The third-order valence-electron chi connectivity index (χ3n) is 4.48. The highest BCUT2D eigenvalue weighted by Crippen LogP contribution is 2.18. The van der Waals surface area contributed by atoms with Gasteiger partial charge in [-0.25, -0.2) is 0 Å². The smallest absolute Gasteiger partial charge is 0.252 e. The molecule has 24 heavy (non-hydrogen) atoms. The van der Waals surface area contributed by atoms with Crippen molar-refractivity contribution in [3.8, 4) is 0 Å². The van der Waals surface area contributed by atoms with Crippen LogP contribution in [0.1, 0.15) is 42.5 Å². The van der Waals surface area contributed by atoms with E-state index in [0.717, 1.165) is 13.0 Å². The lowest BCUT2D eigenvalue weighted by atomic mass is 9.98. The molecular formula is C18H26ClN3O2. The van der Waals surface area contributed by atoms with Crippen LogP contribution in [0.25, 0.3) is 0 Å². The number of likely N-dealkylation sites (tertiary alicyclic amines) is 1. The first-order chi connectivity index (χ1) is 11.6. The molecule has 0 radical (unpaired) electrons. The molecule has 1 aromatic rings. The van der Waals surface area contributed by atoms with Gasteiger partial charge in [-0.15, -0.1) is 0 Å². The van der Waals surface area contributed by atoms with E-state index in [4.69, 9.17) is 11.6 Å². The molecule has 6 heteroatoms. The molecule has 1 aromatic carbocycles. The summed E-state index contributed by atoms with van der Waals surface area (Å²) in [7, 11) is 2.13. The average Bonchev–Trinajstić information content (AvgIpc) is 2.58. The zero-order valence-corrected chi connectivity index (χ0v) is 14.9. The second-order valence-electron chi connectivity index (χ2n) is 6.25. The van der Waals surface area contributed by atoms with E-state index in [1.165, 1.54) is 19.3 Å². The molecule has 5 nitrogen and oxygen atoms in total. The molecule has 0 bridgehead atoms. The van der Waals surface area contributed by atoms with Crippen molar-refractivity contribution in [3.63, 3.8) is 0 Å². The van der Waals surface area contributed by atoms with Gasteiger partial charge in [0.15, 0.2) is 0 Å². The molecule has 0 aromatic heterocycles. The number of nitrogens with one attached hydrogen (secondary N) is 2. The lowest BCUT2D eigenvalue weighted by molar-refractivity contribution is -0.121. The van der Waals surface area contributed by atoms with E-state index in [1.54, 1.807) is 24.3 Å². The van der Waals surface area contributed by atoms with Crippen LogP contribution in [0.15, 0.2) is 24.3 Å². The Labute approximate surface area is 148 Å². The Morgan fingerprint density at radius 3 is 2.71 bits per heavy atom. The highest BCUT2D eigenvalue weighted by molar-refractivity contribution is 6.33. The molecule has 1 aliphatic rings. The molecule has 1 fully saturated rings. The van der Waals surface area contributed by atoms with Crippen molar-refractivity contribution < 1.29 is 9.59 Å². The monoisotopic (exact) mass is 351 g/mol. The van der Waals surface area contributed by atoms with Crippen LogP contribution in [0.4, 0.5) is 0 Å². The molecule has 0 saturated carbocycles. The maximum atomic E-state index is 12.0. The fourth-order valence-electron chi connectivity index (χ4n) is 3.01. The van der Waals surface area contributed by atoms with Crippen LogP contribution in [-0.4, -0.2) is 49.4 Å². The summed E-state index contributed by atoms with van der Waals surface area (Å²) in [6.45, 7) is 1.94. The number of carbonyl (C=O) groups excluding carboxylic acids is 2. The molecule has 132 valence electrons. The maximum absolute atomic E-state index is 12.0. The molecule has 2 N–H and O–H groups in total. The summed E-state index contributed by atoms with van der Waals surface area (Å²) < 4.78 is 0. The maximum Gasteiger partial charge on any atom is 0.252 e. The Hall–Kier alpha value is -1.59. The average molecular weight is 352 g/mol. The van der Waals surface area contributed by atoms with Crippen molar-refractivity contribution in [1.29, 1.82) is 0 Å². The summed E-state index contributed by atoms with van der Waals surface area (Å²) >= 11 is 5.97. The van der Waals surface area contributed by atoms with Crippen LogP contribution in [0.5, 0.6) is 0 Å². The molecular weight excluding hydrogens is 326 g/mol. The SMILES string of the molecule is CN1CCCC[C@H]1CCC(=O)NCCNC(=O)c1ccccc1Cl. The normalized spacial score (nSPS) is 18.2. The first kappa shape index (κ1) is 18.7. The van der Waals surface area contributed by atoms with Gasteiger partial charge in [-0.3, -0.25) is 9.59 Å². The van der Waals surface area contributed by atoms with Gasteiger partial charge in [-0.1, -0.05) is 30.2 Å². The van der Waals surface area contributed by atoms with Crippen LogP contribution in [0.3, 0.4) is 0 Å². The van der Waals surface area contributed by atoms with Crippen LogP contribution >= 0.6 is 11.6 Å². The van der Waals surface area contributed by atoms with Crippen molar-refractivity contribution in [1.82, 2.24) is 15.5 Å². The van der Waals surface area contributed by atoms with E-state index in [9.17, 15) is 9.59 Å². The van der Waals surface area contributed by atoms with Gasteiger partial charge in [0, 0.05) is 25.6 Å². The molecule has 2 amide bonds. The summed E-state index contributed by atoms with van der Waals surface area (Å²) in [5.74, 6) is -0.181. The van der Waals surface area contributed by atoms with Gasteiger partial charge in [0.2, 0.25) is 5.91 Å². The summed E-state index contributed by atoms with van der Waals surface area (Å²) in [6.07, 6.45) is 5.12. The first-order valence-corrected chi connectivity index (χ1v) is 8.95. The Bertz CT molecular complexity index is 565. The van der Waals surface area contributed by atoms with E-state index in [0.29, 0.717) is 36.1 Å². The number of rotatable bonds is 7. The van der Waals surface area contributed by atoms with Crippen molar-refractivity contribution in [2.75, 3.05) is 26.7 Å². The van der Waals surface area contributed by atoms with Crippen LogP contribution in [0, 0.1) is 0 Å². The summed E-state index contributed by atoms with van der Waals surface area (Å²) in [4.78, 5) is 26.2. The number of benzene rings is 1. The van der Waals surface area contributed by atoms with Crippen molar-refractivity contribution in [2.24, 2.45) is 0 Å². The van der Waals surface area contributed by atoms with E-state index >= 15 is 0 Å². The number of carbonyl (C=O) groups is 2. The van der Waals surface area contributed by atoms with Gasteiger partial charge >= 0.3 is 0 Å². The zero-order chi connectivity index (χ0) is 17.4. The van der Waals surface area contributed by atoms with Gasteiger partial charge in [-0.05, 0) is 45.0 Å². The molecule has 0 spiro atoms. The Balaban J connectivity index is 1.61. The van der Waals surface area contributed by atoms with Crippen LogP contribution < -0.4 is 10.6 Å². The minimum absolute atomic E-state index is 0.0426. The Kier molecular flexibility index (Phi) is 7.53. The minimum Gasteiger partial charge on any atom is -0.354 e. The molecule has 1 saturated heterocycles. The van der Waals surface area contributed by atoms with Crippen LogP contribution in [0.2, 0.25) is 5.02 Å². The van der Waals surface area contributed by atoms with E-state index in [1.807, 2.05) is 0 Å². The third kappa shape index (κ3) is 5.80. The fraction of sp³-hybridized carbons (Fsp3) is 0.556. The second kappa shape index (κ2) is 9.64. The second-order valence-corrected chi connectivity index (χ2v) is 6.66. The van der Waals surface area contributed by atoms with Crippen molar-refractivity contribution in [3.05, 3.63) is 34.9 Å². The topological polar surface area (TPSA) is 61.4 Å². The lowest BCUT2D eigenvalue weighted by Gasteiger charge is -2.32. The molecule has 0 unspecified atom stereocenters. The standard InChI is InChI=1S/C18H26ClN3O2/c1-22-13-5-4-6-14(22)9-10-17(23)20-11-12-21-18(24)15-7-2-3-8-16(15)19/h2-3,7-8,14H,4-6,9-13H2,1H3,(H,20,23)(H,21,24)/t14-/m0/s1. The van der Waals surface area contributed by atoms with Crippen molar-refractivity contribution in [2.45, 2.75) is 38.1 Å². The predicted octanol–water partition coefficient (Wildman–Crippen LogP) is 2.45. The number of amides is 2. The molecule has 0 aliphatic carbocycles. The summed E-state index contributed by atoms with van der Waals surface area (Å²) in [5.41, 5.74) is 0.450. The third-order valence-corrected chi connectivity index (χ3v) is 4.81. The number of piperidine rings is 1. The summed E-state index contributed by atoms with van der Waals surface area (Å²) in [6, 6.07) is 7.43. The minimum atomic E-state index is -0.223. The quantitative estimate of drug-likeness (QED) is 0.742. The predicted molar refractivity (Wildman–Crippen MR) is 96.3 cm³/mol.